The maximum Gasteiger partial charge on any atom is 0.323 e. The Hall–Kier alpha value is -4.72. The lowest BCUT2D eigenvalue weighted by molar-refractivity contribution is -0.160. The lowest BCUT2D eigenvalue weighted by atomic mass is 9.81. The van der Waals surface area contributed by atoms with Crippen molar-refractivity contribution < 1.29 is 58.8 Å². The van der Waals surface area contributed by atoms with Crippen molar-refractivity contribution in [1.82, 2.24) is 42.5 Å². The third kappa shape index (κ3) is 5.44. The molecule has 20 heteroatoms. The van der Waals surface area contributed by atoms with Gasteiger partial charge in [-0.1, -0.05) is 0 Å². The molecule has 0 aromatic heterocycles. The zero-order chi connectivity index (χ0) is 26.6. The highest BCUT2D eigenvalue weighted by Gasteiger charge is 2.63. The van der Waals surface area contributed by atoms with Gasteiger partial charge in [-0.25, -0.2) is 19.2 Å². The van der Waals surface area contributed by atoms with Crippen molar-refractivity contribution in [2.75, 3.05) is 13.3 Å². The van der Waals surface area contributed by atoms with Crippen molar-refractivity contribution in [2.24, 2.45) is 0 Å². The Balaban J connectivity index is 2.09. The average molecular weight is 504 g/mol. The van der Waals surface area contributed by atoms with E-state index < -0.39 is 90.9 Å². The molecule has 2 fully saturated rings. The van der Waals surface area contributed by atoms with Crippen molar-refractivity contribution in [3.05, 3.63) is 0 Å². The van der Waals surface area contributed by atoms with E-state index in [0.29, 0.717) is 0 Å². The second-order valence-corrected chi connectivity index (χ2v) is 7.24. The van der Waals surface area contributed by atoms with Crippen molar-refractivity contribution in [3.63, 3.8) is 0 Å². The van der Waals surface area contributed by atoms with Gasteiger partial charge in [0.2, 0.25) is 11.3 Å². The van der Waals surface area contributed by atoms with Crippen molar-refractivity contribution in [3.8, 4) is 0 Å². The molecule has 0 aromatic carbocycles. The second kappa shape index (κ2) is 9.64. The molecule has 20 nitrogen and oxygen atoms in total. The summed E-state index contributed by atoms with van der Waals surface area (Å²) < 4.78 is 0. The van der Waals surface area contributed by atoms with Crippen LogP contribution in [0.3, 0.4) is 0 Å². The van der Waals surface area contributed by atoms with E-state index >= 15 is 0 Å². The first-order valence-corrected chi connectivity index (χ1v) is 9.34. The fourth-order valence-electron chi connectivity index (χ4n) is 3.20. The number of hydrogen-bond donors (Lipinski definition) is 12. The normalized spacial score (nSPS) is 23.4. The molecule has 2 aliphatic rings. The van der Waals surface area contributed by atoms with Crippen molar-refractivity contribution >= 4 is 47.9 Å². The van der Waals surface area contributed by atoms with Gasteiger partial charge in [0, 0.05) is 0 Å². The van der Waals surface area contributed by atoms with E-state index in [-0.39, 0.29) is 0 Å². The molecular formula is C15H20N8O12. The predicted octanol–water partition coefficient (Wildman–Crippen LogP) is -5.71. The number of aliphatic carboxylic acids is 2. The smallest absolute Gasteiger partial charge is 0.323 e. The van der Waals surface area contributed by atoms with E-state index in [1.807, 2.05) is 26.6 Å². The lowest BCUT2D eigenvalue weighted by Gasteiger charge is -2.40. The molecule has 0 spiro atoms. The number of carbonyl (C=O) groups excluding carboxylic acids is 6. The zero-order valence-corrected chi connectivity index (χ0v) is 17.4. The number of urea groups is 4. The Morgan fingerprint density at radius 2 is 1.29 bits per heavy atom. The van der Waals surface area contributed by atoms with Crippen molar-refractivity contribution in [2.45, 2.75) is 29.8 Å². The van der Waals surface area contributed by atoms with Gasteiger partial charge in [-0.15, -0.1) is 0 Å². The molecule has 0 aliphatic carbocycles. The zero-order valence-electron chi connectivity index (χ0n) is 17.4. The number of carboxylic acids is 2. The third-order valence-corrected chi connectivity index (χ3v) is 4.76. The summed E-state index contributed by atoms with van der Waals surface area (Å²) >= 11 is 0. The predicted molar refractivity (Wildman–Crippen MR) is 104 cm³/mol. The molecule has 10 amide bonds. The minimum atomic E-state index is -3.05. The van der Waals surface area contributed by atoms with Crippen molar-refractivity contribution in [1.29, 1.82) is 0 Å². The number of aliphatic hydroxyl groups excluding tert-OH is 1. The van der Waals surface area contributed by atoms with Crippen LogP contribution in [-0.4, -0.2) is 98.5 Å². The fourth-order valence-corrected chi connectivity index (χ4v) is 3.20. The van der Waals surface area contributed by atoms with Gasteiger partial charge in [0.25, 0.3) is 11.8 Å². The van der Waals surface area contributed by atoms with E-state index in [1.54, 1.807) is 16.0 Å². The summed E-state index contributed by atoms with van der Waals surface area (Å²) in [6.45, 7) is -1.80. The minimum absolute atomic E-state index is 0.767. The number of aliphatic hydroxyl groups is 2. The SMILES string of the molecule is O=C(O)CC(O)(CC(=O)O)C1(NC(=O)NCNC(=O)NC2(CO)NC(=O)NC2=O)NC(=O)NC1=O. The Morgan fingerprint density at radius 1 is 0.800 bits per heavy atom. The van der Waals surface area contributed by atoms with Crippen LogP contribution in [0.25, 0.3) is 0 Å². The number of rotatable bonds is 10. The number of imide groups is 2. The van der Waals surface area contributed by atoms with E-state index in [1.165, 1.54) is 0 Å². The molecule has 2 rings (SSSR count). The first-order chi connectivity index (χ1) is 16.2. The van der Waals surface area contributed by atoms with Crippen LogP contribution in [0.15, 0.2) is 0 Å². The summed E-state index contributed by atoms with van der Waals surface area (Å²) in [6.07, 6.45) is -2.80. The molecule has 35 heavy (non-hydrogen) atoms. The van der Waals surface area contributed by atoms with E-state index in [4.69, 9.17) is 10.2 Å². The molecule has 2 atom stereocenters. The summed E-state index contributed by atoms with van der Waals surface area (Å²) in [4.78, 5) is 93.7. The van der Waals surface area contributed by atoms with E-state index in [9.17, 15) is 48.6 Å². The standard InChI is InChI=1S/C15H20N8O12/c24-3-14(7(29)18-11(33)21-14)20-9(31)16-4-17-10(32)22-15(8(30)19-12(34)23-15)13(35,1-5(25)26)2-6(27)28/h24,35H,1-4H2,(H,25,26)(H,27,28)(H2,16,20,31)(H2,17,22,32)(H2,18,21,29,33)(H2,19,23,30,34). The molecule has 0 saturated carbocycles. The van der Waals surface area contributed by atoms with Gasteiger partial charge >= 0.3 is 36.1 Å². The summed E-state index contributed by atoms with van der Waals surface area (Å²) in [5.41, 5.74) is -8.19. The van der Waals surface area contributed by atoms with Crippen LogP contribution in [0, 0.1) is 0 Å². The largest absolute Gasteiger partial charge is 0.481 e. The molecule has 0 bridgehead atoms. The van der Waals surface area contributed by atoms with Crippen LogP contribution in [0.4, 0.5) is 19.2 Å². The van der Waals surface area contributed by atoms with Gasteiger partial charge in [-0.2, -0.15) is 0 Å². The van der Waals surface area contributed by atoms with E-state index in [0.717, 1.165) is 0 Å². The summed E-state index contributed by atoms with van der Waals surface area (Å²) in [5, 5.41) is 53.1. The fraction of sp³-hybridized carbons (Fsp3) is 0.467. The maximum atomic E-state index is 12.4. The molecule has 2 unspecified atom stereocenters. The van der Waals surface area contributed by atoms with Gasteiger partial charge in [-0.3, -0.25) is 29.8 Å². The quantitative estimate of drug-likeness (QED) is 0.0978. The molecule has 0 aromatic rings. The van der Waals surface area contributed by atoms with Gasteiger partial charge in [-0.05, 0) is 0 Å². The number of carboxylic acid groups (broad SMARTS) is 2. The topological polar surface area (TPSA) is 314 Å². The number of nitrogens with one attached hydrogen (secondary N) is 8. The van der Waals surface area contributed by atoms with Gasteiger partial charge in [0.1, 0.15) is 5.60 Å². The summed E-state index contributed by atoms with van der Waals surface area (Å²) in [5.74, 6) is -6.10. The highest BCUT2D eigenvalue weighted by Crippen LogP contribution is 2.30. The highest BCUT2D eigenvalue weighted by atomic mass is 16.4. The molecule has 2 heterocycles. The van der Waals surface area contributed by atoms with Gasteiger partial charge < -0.3 is 52.3 Å². The minimum Gasteiger partial charge on any atom is -0.481 e. The molecule has 192 valence electrons. The molecule has 0 radical (unpaired) electrons. The Morgan fingerprint density at radius 3 is 1.69 bits per heavy atom. The third-order valence-electron chi connectivity index (χ3n) is 4.76. The Kier molecular flexibility index (Phi) is 7.31. The Bertz CT molecular complexity index is 984. The highest BCUT2D eigenvalue weighted by molar-refractivity contribution is 6.10. The van der Waals surface area contributed by atoms with Crippen LogP contribution >= 0.6 is 0 Å². The maximum absolute atomic E-state index is 12.4. The second-order valence-electron chi connectivity index (χ2n) is 7.24. The average Bonchev–Trinajstić information content (AvgIpc) is 3.15. The monoisotopic (exact) mass is 504 g/mol. The van der Waals surface area contributed by atoms with Gasteiger partial charge in [0.15, 0.2) is 0 Å². The first kappa shape index (κ1) is 26.5. The van der Waals surface area contributed by atoms with Crippen LogP contribution in [0.1, 0.15) is 12.8 Å². The van der Waals surface area contributed by atoms with E-state index in [2.05, 4.69) is 0 Å². The number of carbonyl (C=O) groups is 8. The molecule has 2 aliphatic heterocycles. The van der Waals surface area contributed by atoms with Gasteiger partial charge in [0.05, 0.1) is 26.1 Å². The molecular weight excluding hydrogens is 484 g/mol. The number of amides is 10. The molecule has 12 N–H and O–H groups in total. The Labute approximate surface area is 193 Å². The molecule has 2 saturated heterocycles. The number of hydrogen-bond acceptors (Lipinski definition) is 10. The first-order valence-electron chi connectivity index (χ1n) is 9.34. The van der Waals surface area contributed by atoms with Crippen LogP contribution in [0.2, 0.25) is 0 Å². The summed E-state index contributed by atoms with van der Waals surface area (Å²) in [7, 11) is 0. The van der Waals surface area contributed by atoms with Crippen LogP contribution in [0.5, 0.6) is 0 Å². The van der Waals surface area contributed by atoms with Crippen LogP contribution < -0.4 is 42.5 Å². The summed E-state index contributed by atoms with van der Waals surface area (Å²) in [6, 6.07) is -4.88. The lowest BCUT2D eigenvalue weighted by Crippen LogP contribution is -2.75. The van der Waals surface area contributed by atoms with Crippen LogP contribution in [-0.2, 0) is 19.2 Å².